The van der Waals surface area contributed by atoms with E-state index in [1.807, 2.05) is 0 Å². The average Bonchev–Trinajstić information content (AvgIpc) is 3.20. The van der Waals surface area contributed by atoms with Gasteiger partial charge >= 0.3 is 0 Å². The molecule has 9 heteroatoms. The van der Waals surface area contributed by atoms with Crippen molar-refractivity contribution in [3.05, 3.63) is 99.1 Å². The third-order valence-electron chi connectivity index (χ3n) is 6.01. The molecule has 0 aliphatic carbocycles. The van der Waals surface area contributed by atoms with Gasteiger partial charge in [0.25, 0.3) is 11.1 Å². The van der Waals surface area contributed by atoms with Crippen molar-refractivity contribution in [1.29, 1.82) is 0 Å². The molecule has 0 atom stereocenters. The van der Waals surface area contributed by atoms with Crippen LogP contribution in [0.5, 0.6) is 11.5 Å². The van der Waals surface area contributed by atoms with E-state index in [1.54, 1.807) is 66.7 Å². The highest BCUT2D eigenvalue weighted by Crippen LogP contribution is 2.33. The first-order valence-electron chi connectivity index (χ1n) is 11.5. The maximum Gasteiger partial charge on any atom is 0.293 e. The van der Waals surface area contributed by atoms with Gasteiger partial charge in [-0.25, -0.2) is 0 Å². The Kier molecular flexibility index (Phi) is 6.85. The van der Waals surface area contributed by atoms with Crippen LogP contribution in [-0.2, 0) is 4.79 Å². The van der Waals surface area contributed by atoms with Crippen LogP contribution in [-0.4, -0.2) is 42.6 Å². The Balaban J connectivity index is 1.34. The summed E-state index contributed by atoms with van der Waals surface area (Å²) >= 11 is 0.766. The van der Waals surface area contributed by atoms with Crippen molar-refractivity contribution in [3.8, 4) is 22.8 Å². The van der Waals surface area contributed by atoms with E-state index in [0.29, 0.717) is 39.4 Å². The van der Waals surface area contributed by atoms with Crippen molar-refractivity contribution in [2.45, 2.75) is 0 Å². The first-order valence-corrected chi connectivity index (χ1v) is 12.3. The predicted octanol–water partition coefficient (Wildman–Crippen LogP) is 5.40. The number of rotatable bonds is 7. The number of fused-ring (bicyclic) bond motifs is 1. The van der Waals surface area contributed by atoms with Gasteiger partial charge in [0.2, 0.25) is 0 Å². The number of hydrogen-bond donors (Lipinski definition) is 0. The van der Waals surface area contributed by atoms with Gasteiger partial charge < -0.3 is 13.9 Å². The zero-order chi connectivity index (χ0) is 26.8. The molecule has 8 nitrogen and oxygen atoms in total. The molecule has 4 aromatic rings. The van der Waals surface area contributed by atoms with Crippen molar-refractivity contribution in [3.63, 3.8) is 0 Å². The average molecular weight is 528 g/mol. The highest BCUT2D eigenvalue weighted by atomic mass is 32.2. The van der Waals surface area contributed by atoms with Crippen molar-refractivity contribution in [2.24, 2.45) is 0 Å². The second kappa shape index (κ2) is 10.4. The van der Waals surface area contributed by atoms with Crippen LogP contribution >= 0.6 is 11.8 Å². The van der Waals surface area contributed by atoms with Gasteiger partial charge in [-0.2, -0.15) is 0 Å². The van der Waals surface area contributed by atoms with Gasteiger partial charge in [-0.05, 0) is 53.7 Å². The summed E-state index contributed by atoms with van der Waals surface area (Å²) in [6.07, 6.45) is 1.59. The molecule has 0 saturated carbocycles. The molecule has 1 saturated heterocycles. The lowest BCUT2D eigenvalue weighted by atomic mass is 10.1. The number of ketones is 1. The van der Waals surface area contributed by atoms with E-state index >= 15 is 0 Å². The van der Waals surface area contributed by atoms with Gasteiger partial charge in [-0.3, -0.25) is 24.1 Å². The lowest BCUT2D eigenvalue weighted by Gasteiger charge is -2.14. The van der Waals surface area contributed by atoms with Crippen LogP contribution in [0.25, 0.3) is 28.4 Å². The normalized spacial score (nSPS) is 14.4. The van der Waals surface area contributed by atoms with Crippen molar-refractivity contribution >= 4 is 45.7 Å². The number of methoxy groups -OCH3 is 2. The predicted molar refractivity (Wildman–Crippen MR) is 144 cm³/mol. The van der Waals surface area contributed by atoms with Gasteiger partial charge in [0.15, 0.2) is 11.2 Å². The molecule has 190 valence electrons. The maximum absolute atomic E-state index is 13.0. The van der Waals surface area contributed by atoms with E-state index in [-0.39, 0.29) is 15.9 Å². The van der Waals surface area contributed by atoms with E-state index < -0.39 is 23.5 Å². The lowest BCUT2D eigenvalue weighted by molar-refractivity contribution is -0.122. The van der Waals surface area contributed by atoms with Crippen LogP contribution in [0.15, 0.2) is 86.9 Å². The first-order chi connectivity index (χ1) is 18.4. The van der Waals surface area contributed by atoms with Crippen LogP contribution in [0.2, 0.25) is 0 Å². The van der Waals surface area contributed by atoms with E-state index in [9.17, 15) is 19.2 Å². The number of nitrogens with zero attached hydrogens (tertiary/aromatic N) is 1. The lowest BCUT2D eigenvalue weighted by Crippen LogP contribution is -2.33. The molecule has 0 unspecified atom stereocenters. The largest absolute Gasteiger partial charge is 0.497 e. The number of ether oxygens (including phenoxy) is 2. The van der Waals surface area contributed by atoms with Crippen LogP contribution in [0.4, 0.5) is 4.79 Å². The number of hydrogen-bond acceptors (Lipinski definition) is 8. The Morgan fingerprint density at radius 1 is 0.947 bits per heavy atom. The fourth-order valence-corrected chi connectivity index (χ4v) is 4.88. The molecule has 0 N–H and O–H groups in total. The Bertz CT molecular complexity index is 1670. The molecule has 1 fully saturated rings. The highest BCUT2D eigenvalue weighted by molar-refractivity contribution is 8.18. The summed E-state index contributed by atoms with van der Waals surface area (Å²) in [5.41, 5.74) is 1.93. The fourth-order valence-electron chi connectivity index (χ4n) is 4.04. The van der Waals surface area contributed by atoms with Crippen molar-refractivity contribution < 1.29 is 28.3 Å². The quantitative estimate of drug-likeness (QED) is 0.233. The first kappa shape index (κ1) is 25.0. The Hall–Kier alpha value is -4.63. The van der Waals surface area contributed by atoms with Crippen LogP contribution < -0.4 is 14.9 Å². The summed E-state index contributed by atoms with van der Waals surface area (Å²) in [6.45, 7) is -0.425. The third-order valence-corrected chi connectivity index (χ3v) is 6.92. The number of benzene rings is 3. The second-order valence-corrected chi connectivity index (χ2v) is 9.34. The van der Waals surface area contributed by atoms with Crippen LogP contribution in [0.3, 0.4) is 0 Å². The molecular formula is C29H21NO7S. The minimum absolute atomic E-state index is 0.138. The van der Waals surface area contributed by atoms with E-state index in [1.165, 1.54) is 26.4 Å². The number of carbonyl (C=O) groups is 3. The molecule has 0 bridgehead atoms. The molecule has 2 amide bonds. The molecule has 3 aromatic carbocycles. The zero-order valence-corrected chi connectivity index (χ0v) is 21.2. The van der Waals surface area contributed by atoms with Gasteiger partial charge in [0, 0.05) is 11.6 Å². The van der Waals surface area contributed by atoms with Gasteiger partial charge in [0.05, 0.1) is 36.6 Å². The maximum atomic E-state index is 13.0. The van der Waals surface area contributed by atoms with Gasteiger partial charge in [-0.15, -0.1) is 0 Å². The van der Waals surface area contributed by atoms with E-state index in [2.05, 4.69) is 0 Å². The molecule has 1 aliphatic rings. The fraction of sp³-hybridized carbons (Fsp3) is 0.103. The number of Topliss-reactive ketones (excluding diaryl/α,β-unsaturated/α-hetero) is 1. The third kappa shape index (κ3) is 4.83. The SMILES string of the molecule is COc1ccc(OC)c(C(=O)CN2C(=O)S/C(=C\c3ccc(-c4cc(=O)c5ccccc5o4)cc3)C2=O)c1. The summed E-state index contributed by atoms with van der Waals surface area (Å²) in [5.74, 6) is 0.188. The minimum Gasteiger partial charge on any atom is -0.497 e. The molecule has 38 heavy (non-hydrogen) atoms. The molecular weight excluding hydrogens is 506 g/mol. The van der Waals surface area contributed by atoms with Gasteiger partial charge in [-0.1, -0.05) is 36.4 Å². The second-order valence-electron chi connectivity index (χ2n) is 8.35. The van der Waals surface area contributed by atoms with Gasteiger partial charge in [0.1, 0.15) is 22.8 Å². The van der Waals surface area contributed by atoms with Crippen LogP contribution in [0, 0.1) is 0 Å². The standard InChI is InChI=1S/C29H21NO7S/c1-35-19-11-12-24(36-2)21(14-19)23(32)16-30-28(33)27(38-29(30)34)13-17-7-9-18(10-8-17)26-15-22(31)20-5-3-4-6-25(20)37-26/h3-15H,16H2,1-2H3/b27-13-. The molecule has 5 rings (SSSR count). The molecule has 0 spiro atoms. The number of imide groups is 1. The van der Waals surface area contributed by atoms with Crippen molar-refractivity contribution in [2.75, 3.05) is 20.8 Å². The summed E-state index contributed by atoms with van der Waals surface area (Å²) in [4.78, 5) is 52.0. The van der Waals surface area contributed by atoms with Crippen molar-refractivity contribution in [1.82, 2.24) is 4.90 Å². The van der Waals surface area contributed by atoms with E-state index in [4.69, 9.17) is 13.9 Å². The van der Waals surface area contributed by atoms with E-state index in [0.717, 1.165) is 16.7 Å². The summed E-state index contributed by atoms with van der Waals surface area (Å²) in [6, 6.07) is 20.3. The topological polar surface area (TPSA) is 103 Å². The monoisotopic (exact) mass is 527 g/mol. The molecule has 2 heterocycles. The Morgan fingerprint density at radius 2 is 1.71 bits per heavy atom. The number of amides is 2. The minimum atomic E-state index is -0.556. The molecule has 1 aliphatic heterocycles. The smallest absolute Gasteiger partial charge is 0.293 e. The van der Waals surface area contributed by atoms with Crippen LogP contribution in [0.1, 0.15) is 15.9 Å². The number of thioether (sulfide) groups is 1. The molecule has 0 radical (unpaired) electrons. The summed E-state index contributed by atoms with van der Waals surface area (Å²) < 4.78 is 16.3. The molecule has 1 aromatic heterocycles. The zero-order valence-electron chi connectivity index (χ0n) is 20.4. The summed E-state index contributed by atoms with van der Waals surface area (Å²) in [5, 5.41) is -0.0297. The number of para-hydroxylation sites is 1. The highest BCUT2D eigenvalue weighted by Gasteiger charge is 2.36. The Labute approximate surface area is 221 Å². The summed E-state index contributed by atoms with van der Waals surface area (Å²) in [7, 11) is 2.90. The Morgan fingerprint density at radius 3 is 2.45 bits per heavy atom. The number of carbonyl (C=O) groups excluding carboxylic acids is 3.